The molecule has 0 radical (unpaired) electrons. The maximum absolute atomic E-state index is 12.0. The van der Waals surface area contributed by atoms with Gasteiger partial charge in [-0.1, -0.05) is 0 Å². The highest BCUT2D eigenvalue weighted by atomic mass is 79.9. The third-order valence-electron chi connectivity index (χ3n) is 2.76. The molecule has 1 amide bonds. The van der Waals surface area contributed by atoms with Crippen LogP contribution in [0.3, 0.4) is 0 Å². The van der Waals surface area contributed by atoms with E-state index in [1.54, 1.807) is 6.20 Å². The van der Waals surface area contributed by atoms with Crippen molar-refractivity contribution in [2.24, 2.45) is 0 Å². The summed E-state index contributed by atoms with van der Waals surface area (Å²) in [4.78, 5) is 16.8. The minimum absolute atomic E-state index is 0.0819. The third kappa shape index (κ3) is 2.23. The highest BCUT2D eigenvalue weighted by Gasteiger charge is 2.26. The van der Waals surface area contributed by atoms with Crippen LogP contribution in [0.5, 0.6) is 0 Å². The molecule has 1 aliphatic heterocycles. The van der Waals surface area contributed by atoms with Crippen LogP contribution in [-0.4, -0.2) is 42.0 Å². The number of nitrogens with one attached hydrogen (secondary N) is 2. The van der Waals surface area contributed by atoms with Crippen LogP contribution >= 0.6 is 15.9 Å². The van der Waals surface area contributed by atoms with E-state index < -0.39 is 0 Å². The average Bonchev–Trinajstić information content (AvgIpc) is 2.84. The minimum atomic E-state index is 0.0819. The first-order valence-corrected chi connectivity index (χ1v) is 5.80. The van der Waals surface area contributed by atoms with Crippen LogP contribution in [0.4, 0.5) is 0 Å². The molecule has 1 aromatic heterocycles. The molecule has 0 spiro atoms. The summed E-state index contributed by atoms with van der Waals surface area (Å²) >= 11 is 3.32. The van der Waals surface area contributed by atoms with Gasteiger partial charge in [-0.15, -0.1) is 0 Å². The molecule has 1 fully saturated rings. The van der Waals surface area contributed by atoms with Crippen molar-refractivity contribution in [2.75, 3.05) is 20.1 Å². The summed E-state index contributed by atoms with van der Waals surface area (Å²) in [6, 6.07) is 2.25. The van der Waals surface area contributed by atoms with Crippen LogP contribution in [0, 0.1) is 0 Å². The van der Waals surface area contributed by atoms with Gasteiger partial charge in [-0.05, 0) is 35.5 Å². The number of H-pyrrole nitrogens is 1. The van der Waals surface area contributed by atoms with Gasteiger partial charge in [0.15, 0.2) is 0 Å². The molecule has 1 saturated heterocycles. The van der Waals surface area contributed by atoms with Gasteiger partial charge >= 0.3 is 0 Å². The predicted molar refractivity (Wildman–Crippen MR) is 61.9 cm³/mol. The molecule has 15 heavy (non-hydrogen) atoms. The Kier molecular flexibility index (Phi) is 3.11. The fourth-order valence-corrected chi connectivity index (χ4v) is 2.19. The van der Waals surface area contributed by atoms with E-state index in [0.29, 0.717) is 11.7 Å². The molecule has 5 heteroatoms. The summed E-state index contributed by atoms with van der Waals surface area (Å²) in [6.45, 7) is 1.63. The Morgan fingerprint density at radius 2 is 2.53 bits per heavy atom. The minimum Gasteiger partial charge on any atom is -0.356 e. The van der Waals surface area contributed by atoms with Gasteiger partial charge in [0.05, 0.1) is 0 Å². The molecule has 82 valence electrons. The standard InChI is InChI=1S/C10H14BrN3O/c1-12-8-2-3-14(6-8)10(15)9-4-7(11)5-13-9/h4-5,8,12-13H,2-3,6H2,1H3. The molecule has 0 bridgehead atoms. The fraction of sp³-hybridized carbons (Fsp3) is 0.500. The second-order valence-electron chi connectivity index (χ2n) is 3.76. The van der Waals surface area contributed by atoms with Crippen molar-refractivity contribution in [3.05, 3.63) is 22.4 Å². The van der Waals surface area contributed by atoms with Crippen molar-refractivity contribution in [1.29, 1.82) is 0 Å². The molecule has 2 rings (SSSR count). The number of hydrogen-bond acceptors (Lipinski definition) is 2. The van der Waals surface area contributed by atoms with Gasteiger partial charge in [0.1, 0.15) is 5.69 Å². The molecule has 0 aromatic carbocycles. The summed E-state index contributed by atoms with van der Waals surface area (Å²) in [7, 11) is 1.93. The lowest BCUT2D eigenvalue weighted by molar-refractivity contribution is 0.0784. The Morgan fingerprint density at radius 3 is 3.07 bits per heavy atom. The van der Waals surface area contributed by atoms with Gasteiger partial charge in [-0.25, -0.2) is 0 Å². The number of aromatic nitrogens is 1. The topological polar surface area (TPSA) is 48.1 Å². The van der Waals surface area contributed by atoms with Gasteiger partial charge in [-0.3, -0.25) is 4.79 Å². The molecule has 1 aromatic rings. The van der Waals surface area contributed by atoms with E-state index in [1.807, 2.05) is 18.0 Å². The zero-order chi connectivity index (χ0) is 10.8. The largest absolute Gasteiger partial charge is 0.356 e. The van der Waals surface area contributed by atoms with Crippen molar-refractivity contribution in [2.45, 2.75) is 12.5 Å². The number of carbonyl (C=O) groups is 1. The Morgan fingerprint density at radius 1 is 1.73 bits per heavy atom. The van der Waals surface area contributed by atoms with E-state index >= 15 is 0 Å². The number of halogens is 1. The number of likely N-dealkylation sites (N-methyl/N-ethyl adjacent to an activating group) is 1. The molecule has 0 aliphatic carbocycles. The number of hydrogen-bond donors (Lipinski definition) is 2. The highest BCUT2D eigenvalue weighted by molar-refractivity contribution is 9.10. The molecule has 1 unspecified atom stereocenters. The molecular weight excluding hydrogens is 258 g/mol. The number of carbonyl (C=O) groups excluding carboxylic acids is 1. The second kappa shape index (κ2) is 4.37. The Labute approximate surface area is 97.2 Å². The normalized spacial score (nSPS) is 20.9. The average molecular weight is 272 g/mol. The number of likely N-dealkylation sites (tertiary alicyclic amines) is 1. The molecule has 1 aliphatic rings. The van der Waals surface area contributed by atoms with E-state index in [0.717, 1.165) is 24.0 Å². The lowest BCUT2D eigenvalue weighted by atomic mass is 10.3. The van der Waals surface area contributed by atoms with Crippen LogP contribution in [0.2, 0.25) is 0 Å². The van der Waals surface area contributed by atoms with Gasteiger partial charge < -0.3 is 15.2 Å². The molecule has 1 atom stereocenters. The van der Waals surface area contributed by atoms with E-state index in [1.165, 1.54) is 0 Å². The highest BCUT2D eigenvalue weighted by Crippen LogP contribution is 2.16. The third-order valence-corrected chi connectivity index (χ3v) is 3.22. The molecule has 2 heterocycles. The van der Waals surface area contributed by atoms with Gasteiger partial charge in [0, 0.05) is 29.8 Å². The Hall–Kier alpha value is -0.810. The zero-order valence-electron chi connectivity index (χ0n) is 8.59. The van der Waals surface area contributed by atoms with Crippen molar-refractivity contribution < 1.29 is 4.79 Å². The predicted octanol–water partition coefficient (Wildman–Crippen LogP) is 1.21. The lowest BCUT2D eigenvalue weighted by Crippen LogP contribution is -2.33. The first-order valence-electron chi connectivity index (χ1n) is 5.01. The summed E-state index contributed by atoms with van der Waals surface area (Å²) < 4.78 is 0.912. The van der Waals surface area contributed by atoms with E-state index in [9.17, 15) is 4.79 Å². The maximum Gasteiger partial charge on any atom is 0.270 e. The molecule has 4 nitrogen and oxygen atoms in total. The smallest absolute Gasteiger partial charge is 0.270 e. The van der Waals surface area contributed by atoms with E-state index in [2.05, 4.69) is 26.2 Å². The Bertz CT molecular complexity index is 363. The second-order valence-corrected chi connectivity index (χ2v) is 4.67. The lowest BCUT2D eigenvalue weighted by Gasteiger charge is -2.15. The van der Waals surface area contributed by atoms with Crippen molar-refractivity contribution in [3.8, 4) is 0 Å². The van der Waals surface area contributed by atoms with E-state index in [4.69, 9.17) is 0 Å². The van der Waals surface area contributed by atoms with Gasteiger partial charge in [0.2, 0.25) is 0 Å². The number of aromatic amines is 1. The summed E-state index contributed by atoms with van der Waals surface area (Å²) in [5.74, 6) is 0.0819. The molecular formula is C10H14BrN3O. The number of rotatable bonds is 2. The van der Waals surface area contributed by atoms with Crippen molar-refractivity contribution in [3.63, 3.8) is 0 Å². The van der Waals surface area contributed by atoms with Crippen LogP contribution in [-0.2, 0) is 0 Å². The number of amides is 1. The van der Waals surface area contributed by atoms with E-state index in [-0.39, 0.29) is 5.91 Å². The number of nitrogens with zero attached hydrogens (tertiary/aromatic N) is 1. The van der Waals surface area contributed by atoms with Crippen LogP contribution in [0.1, 0.15) is 16.9 Å². The first-order chi connectivity index (χ1) is 7.20. The van der Waals surface area contributed by atoms with Gasteiger partial charge in [0.25, 0.3) is 5.91 Å². The van der Waals surface area contributed by atoms with Crippen molar-refractivity contribution in [1.82, 2.24) is 15.2 Å². The molecule has 2 N–H and O–H groups in total. The fourth-order valence-electron chi connectivity index (χ4n) is 1.84. The first kappa shape index (κ1) is 10.7. The molecule has 0 saturated carbocycles. The zero-order valence-corrected chi connectivity index (χ0v) is 10.2. The summed E-state index contributed by atoms with van der Waals surface area (Å²) in [6.07, 6.45) is 2.81. The van der Waals surface area contributed by atoms with Crippen LogP contribution < -0.4 is 5.32 Å². The Balaban J connectivity index is 2.03. The van der Waals surface area contributed by atoms with Crippen LogP contribution in [0.15, 0.2) is 16.7 Å². The monoisotopic (exact) mass is 271 g/mol. The van der Waals surface area contributed by atoms with Crippen molar-refractivity contribution >= 4 is 21.8 Å². The maximum atomic E-state index is 12.0. The quantitative estimate of drug-likeness (QED) is 0.850. The summed E-state index contributed by atoms with van der Waals surface area (Å²) in [5, 5.41) is 3.19. The van der Waals surface area contributed by atoms with Gasteiger partial charge in [-0.2, -0.15) is 0 Å². The SMILES string of the molecule is CNC1CCN(C(=O)c2cc(Br)c[nH]2)C1. The van der Waals surface area contributed by atoms with Crippen LogP contribution in [0.25, 0.3) is 0 Å². The summed E-state index contributed by atoms with van der Waals surface area (Å²) in [5.41, 5.74) is 0.652.